The summed E-state index contributed by atoms with van der Waals surface area (Å²) in [7, 11) is -3.64. The topological polar surface area (TPSA) is 75.3 Å². The van der Waals surface area contributed by atoms with E-state index in [0.717, 1.165) is 11.1 Å². The number of rotatable bonds is 5. The average molecular weight is 386 g/mol. The van der Waals surface area contributed by atoms with Crippen molar-refractivity contribution in [3.8, 4) is 0 Å². The molecule has 134 valence electrons. The second-order valence-corrected chi connectivity index (χ2v) is 8.48. The highest BCUT2D eigenvalue weighted by Crippen LogP contribution is 2.21. The molecule has 0 aliphatic heterocycles. The molecule has 3 aromatic rings. The molecule has 0 fully saturated rings. The summed E-state index contributed by atoms with van der Waals surface area (Å²) < 4.78 is 27.3. The first-order chi connectivity index (χ1) is 12.3. The zero-order valence-corrected chi connectivity index (χ0v) is 15.9. The number of sulfonamides is 1. The molecular formula is C19H18N2O3S2. The van der Waals surface area contributed by atoms with Gasteiger partial charge in [0.15, 0.2) is 0 Å². The number of nitrogens with one attached hydrogen (secondary N) is 2. The first-order valence-corrected chi connectivity index (χ1v) is 10.3. The fourth-order valence-electron chi connectivity index (χ4n) is 2.35. The zero-order chi connectivity index (χ0) is 18.7. The van der Waals surface area contributed by atoms with Gasteiger partial charge < -0.3 is 5.32 Å². The number of carbonyl (C=O) groups is 1. The number of hydrogen-bond acceptors (Lipinski definition) is 4. The van der Waals surface area contributed by atoms with E-state index in [1.165, 1.54) is 11.3 Å². The van der Waals surface area contributed by atoms with Crippen molar-refractivity contribution in [2.75, 3.05) is 10.0 Å². The molecule has 7 heteroatoms. The van der Waals surface area contributed by atoms with Crippen LogP contribution in [-0.2, 0) is 10.0 Å². The van der Waals surface area contributed by atoms with E-state index in [1.54, 1.807) is 48.5 Å². The average Bonchev–Trinajstić information content (AvgIpc) is 3.03. The summed E-state index contributed by atoms with van der Waals surface area (Å²) in [5.41, 5.74) is 2.94. The third kappa shape index (κ3) is 4.12. The molecule has 1 aromatic heterocycles. The van der Waals surface area contributed by atoms with Crippen LogP contribution in [0.2, 0.25) is 0 Å². The number of aryl methyl sites for hydroxylation is 2. The summed E-state index contributed by atoms with van der Waals surface area (Å²) >= 11 is 1.38. The van der Waals surface area contributed by atoms with Crippen LogP contribution >= 0.6 is 11.3 Å². The molecule has 0 aliphatic rings. The van der Waals surface area contributed by atoms with Crippen LogP contribution in [-0.4, -0.2) is 14.3 Å². The van der Waals surface area contributed by atoms with E-state index >= 15 is 0 Å². The van der Waals surface area contributed by atoms with Crippen LogP contribution < -0.4 is 10.0 Å². The van der Waals surface area contributed by atoms with Crippen LogP contribution in [0, 0.1) is 13.8 Å². The lowest BCUT2D eigenvalue weighted by Crippen LogP contribution is -2.13. The van der Waals surface area contributed by atoms with Crippen molar-refractivity contribution in [3.63, 3.8) is 0 Å². The quantitative estimate of drug-likeness (QED) is 0.682. The standard InChI is InChI=1S/C19H18N2O3S2/c1-13-3-9-17(10-4-13)26(23,24)21-16-7-5-15(6-8-16)20-19(22)18-14(2)11-12-25-18/h3-12,21H,1-2H3,(H,20,22). The number of hydrogen-bond donors (Lipinski definition) is 2. The van der Waals surface area contributed by atoms with Gasteiger partial charge in [0.1, 0.15) is 0 Å². The molecule has 5 nitrogen and oxygen atoms in total. The van der Waals surface area contributed by atoms with Crippen LogP contribution in [0.25, 0.3) is 0 Å². The Kier molecular flexibility index (Phi) is 5.11. The van der Waals surface area contributed by atoms with Crippen LogP contribution in [0.4, 0.5) is 11.4 Å². The Balaban J connectivity index is 1.70. The van der Waals surface area contributed by atoms with E-state index in [4.69, 9.17) is 0 Å². The Labute approximate surface area is 156 Å². The lowest BCUT2D eigenvalue weighted by molar-refractivity contribution is 0.103. The minimum absolute atomic E-state index is 0.175. The Morgan fingerprint density at radius 1 is 0.885 bits per heavy atom. The monoisotopic (exact) mass is 386 g/mol. The van der Waals surface area contributed by atoms with Crippen LogP contribution in [0.15, 0.2) is 64.9 Å². The lowest BCUT2D eigenvalue weighted by Gasteiger charge is -2.10. The van der Waals surface area contributed by atoms with E-state index in [1.807, 2.05) is 25.3 Å². The van der Waals surface area contributed by atoms with Gasteiger partial charge in [-0.05, 0) is 67.3 Å². The van der Waals surface area contributed by atoms with Crippen LogP contribution in [0.3, 0.4) is 0 Å². The predicted molar refractivity (Wildman–Crippen MR) is 105 cm³/mol. The molecule has 26 heavy (non-hydrogen) atoms. The highest BCUT2D eigenvalue weighted by atomic mass is 32.2. The first-order valence-electron chi connectivity index (χ1n) is 7.90. The maximum atomic E-state index is 12.4. The third-order valence-electron chi connectivity index (χ3n) is 3.79. The van der Waals surface area contributed by atoms with Gasteiger partial charge in [-0.15, -0.1) is 11.3 Å². The lowest BCUT2D eigenvalue weighted by atomic mass is 10.2. The van der Waals surface area contributed by atoms with Crippen molar-refractivity contribution in [1.82, 2.24) is 0 Å². The van der Waals surface area contributed by atoms with Crippen molar-refractivity contribution in [3.05, 3.63) is 76.0 Å². The first kappa shape index (κ1) is 18.2. The smallest absolute Gasteiger partial charge is 0.265 e. The van der Waals surface area contributed by atoms with Crippen LogP contribution in [0.5, 0.6) is 0 Å². The van der Waals surface area contributed by atoms with E-state index in [-0.39, 0.29) is 10.8 Å². The van der Waals surface area contributed by atoms with Gasteiger partial charge in [0.2, 0.25) is 0 Å². The molecule has 0 saturated heterocycles. The fraction of sp³-hybridized carbons (Fsp3) is 0.105. The minimum Gasteiger partial charge on any atom is -0.321 e. The third-order valence-corrected chi connectivity index (χ3v) is 6.21. The number of benzene rings is 2. The maximum Gasteiger partial charge on any atom is 0.265 e. The molecule has 0 bridgehead atoms. The molecule has 3 rings (SSSR count). The Morgan fingerprint density at radius 2 is 1.50 bits per heavy atom. The van der Waals surface area contributed by atoms with E-state index < -0.39 is 10.0 Å². The highest BCUT2D eigenvalue weighted by molar-refractivity contribution is 7.92. The molecule has 2 aromatic carbocycles. The number of thiophene rings is 1. The molecule has 1 amide bonds. The number of anilines is 2. The molecule has 0 radical (unpaired) electrons. The van der Waals surface area contributed by atoms with Crippen molar-refractivity contribution in [1.29, 1.82) is 0 Å². The summed E-state index contributed by atoms with van der Waals surface area (Å²) in [5.74, 6) is -0.175. The number of carbonyl (C=O) groups excluding carboxylic acids is 1. The van der Waals surface area contributed by atoms with Gasteiger partial charge in [0.05, 0.1) is 9.77 Å². The van der Waals surface area contributed by atoms with Crippen molar-refractivity contribution < 1.29 is 13.2 Å². The summed E-state index contributed by atoms with van der Waals surface area (Å²) in [6, 6.07) is 15.1. The summed E-state index contributed by atoms with van der Waals surface area (Å²) in [5, 5.41) is 4.68. The largest absolute Gasteiger partial charge is 0.321 e. The van der Waals surface area contributed by atoms with Crippen molar-refractivity contribution in [2.24, 2.45) is 0 Å². The molecule has 1 heterocycles. The molecule has 0 saturated carbocycles. The van der Waals surface area contributed by atoms with E-state index in [2.05, 4.69) is 10.0 Å². The molecule has 0 aliphatic carbocycles. The van der Waals surface area contributed by atoms with Gasteiger partial charge in [0, 0.05) is 11.4 Å². The fourth-order valence-corrected chi connectivity index (χ4v) is 4.23. The van der Waals surface area contributed by atoms with Gasteiger partial charge in [0.25, 0.3) is 15.9 Å². The number of amides is 1. The SMILES string of the molecule is Cc1ccc(S(=O)(=O)Nc2ccc(NC(=O)c3sccc3C)cc2)cc1. The molecule has 0 atom stereocenters. The van der Waals surface area contributed by atoms with E-state index in [0.29, 0.717) is 16.3 Å². The summed E-state index contributed by atoms with van der Waals surface area (Å²) in [4.78, 5) is 13.1. The minimum atomic E-state index is -3.64. The Hall–Kier alpha value is -2.64. The Morgan fingerprint density at radius 3 is 2.08 bits per heavy atom. The molecule has 0 spiro atoms. The van der Waals surface area contributed by atoms with Crippen molar-refractivity contribution in [2.45, 2.75) is 18.7 Å². The normalized spacial score (nSPS) is 11.2. The van der Waals surface area contributed by atoms with Crippen molar-refractivity contribution >= 4 is 38.6 Å². The van der Waals surface area contributed by atoms with Gasteiger partial charge in [-0.25, -0.2) is 8.42 Å². The van der Waals surface area contributed by atoms with Gasteiger partial charge in [-0.2, -0.15) is 0 Å². The van der Waals surface area contributed by atoms with Gasteiger partial charge >= 0.3 is 0 Å². The molecule has 0 unspecified atom stereocenters. The summed E-state index contributed by atoms with van der Waals surface area (Å²) in [6.45, 7) is 3.78. The van der Waals surface area contributed by atoms with Gasteiger partial charge in [-0.3, -0.25) is 9.52 Å². The predicted octanol–water partition coefficient (Wildman–Crippen LogP) is 4.42. The second kappa shape index (κ2) is 7.31. The van der Waals surface area contributed by atoms with Crippen LogP contribution in [0.1, 0.15) is 20.8 Å². The molecule has 2 N–H and O–H groups in total. The van der Waals surface area contributed by atoms with Gasteiger partial charge in [-0.1, -0.05) is 17.7 Å². The zero-order valence-electron chi connectivity index (χ0n) is 14.3. The maximum absolute atomic E-state index is 12.4. The highest BCUT2D eigenvalue weighted by Gasteiger charge is 2.14. The Bertz CT molecular complexity index is 1020. The van der Waals surface area contributed by atoms with E-state index in [9.17, 15) is 13.2 Å². The molecular weight excluding hydrogens is 368 g/mol. The second-order valence-electron chi connectivity index (χ2n) is 5.88. The summed E-state index contributed by atoms with van der Waals surface area (Å²) in [6.07, 6.45) is 0.